The van der Waals surface area contributed by atoms with Crippen molar-refractivity contribution in [3.8, 4) is 0 Å². The second kappa shape index (κ2) is 8.63. The first kappa shape index (κ1) is 20.8. The van der Waals surface area contributed by atoms with E-state index in [1.165, 1.54) is 5.56 Å². The van der Waals surface area contributed by atoms with Gasteiger partial charge in [-0.25, -0.2) is 4.79 Å². The fraction of sp³-hybridized carbons (Fsp3) is 0.524. The molecule has 1 aliphatic carbocycles. The lowest BCUT2D eigenvalue weighted by molar-refractivity contribution is -0.150. The van der Waals surface area contributed by atoms with Gasteiger partial charge in [-0.2, -0.15) is 0 Å². The summed E-state index contributed by atoms with van der Waals surface area (Å²) in [7, 11) is 0. The summed E-state index contributed by atoms with van der Waals surface area (Å²) >= 11 is 0. The van der Waals surface area contributed by atoms with Crippen molar-refractivity contribution in [3.63, 3.8) is 0 Å². The zero-order valence-corrected chi connectivity index (χ0v) is 16.8. The molecule has 1 saturated heterocycles. The smallest absolute Gasteiger partial charge is 0.326 e. The number of anilines is 1. The van der Waals surface area contributed by atoms with Crippen LogP contribution in [0.3, 0.4) is 0 Å². The van der Waals surface area contributed by atoms with Crippen molar-refractivity contribution >= 4 is 29.5 Å². The number of esters is 1. The summed E-state index contributed by atoms with van der Waals surface area (Å²) in [6, 6.07) is 6.92. The molecule has 1 aromatic rings. The normalized spacial score (nSPS) is 18.6. The predicted molar refractivity (Wildman–Crippen MR) is 106 cm³/mol. The maximum absolute atomic E-state index is 12.5. The highest BCUT2D eigenvalue weighted by Crippen LogP contribution is 2.34. The van der Waals surface area contributed by atoms with E-state index < -0.39 is 36.6 Å². The van der Waals surface area contributed by atoms with Crippen molar-refractivity contribution in [3.05, 3.63) is 29.8 Å². The third-order valence-corrected chi connectivity index (χ3v) is 5.73. The number of nitrogens with zero attached hydrogens (tertiary/aromatic N) is 1. The fourth-order valence-corrected chi connectivity index (χ4v) is 3.79. The lowest BCUT2D eigenvalue weighted by Gasteiger charge is -2.19. The molecule has 0 radical (unpaired) electrons. The summed E-state index contributed by atoms with van der Waals surface area (Å²) in [6.45, 7) is 3.26. The van der Waals surface area contributed by atoms with Gasteiger partial charge in [0, 0.05) is 5.69 Å². The van der Waals surface area contributed by atoms with Crippen LogP contribution in [0.2, 0.25) is 0 Å². The monoisotopic (exact) mass is 401 g/mol. The van der Waals surface area contributed by atoms with Gasteiger partial charge < -0.3 is 15.4 Å². The summed E-state index contributed by atoms with van der Waals surface area (Å²) in [5.41, 5.74) is 0.928. The molecule has 4 amide bonds. The topological polar surface area (TPSA) is 105 Å². The number of ether oxygens (including phenoxy) is 1. The van der Waals surface area contributed by atoms with E-state index in [9.17, 15) is 19.2 Å². The molecular weight excluding hydrogens is 374 g/mol. The summed E-state index contributed by atoms with van der Waals surface area (Å²) < 4.78 is 4.94. The van der Waals surface area contributed by atoms with Gasteiger partial charge in [0.25, 0.3) is 11.8 Å². The molecule has 2 aliphatic rings. The molecule has 8 nitrogen and oxygen atoms in total. The molecule has 1 saturated carbocycles. The number of urea groups is 1. The Morgan fingerprint density at radius 3 is 2.48 bits per heavy atom. The highest BCUT2D eigenvalue weighted by Gasteiger charge is 2.52. The van der Waals surface area contributed by atoms with Crippen molar-refractivity contribution in [2.75, 3.05) is 18.5 Å². The average molecular weight is 401 g/mol. The summed E-state index contributed by atoms with van der Waals surface area (Å²) in [5.74, 6) is -1.23. The van der Waals surface area contributed by atoms with Gasteiger partial charge >= 0.3 is 12.0 Å². The Kier molecular flexibility index (Phi) is 6.20. The number of carbonyl (C=O) groups excluding carboxylic acids is 4. The Morgan fingerprint density at radius 1 is 1.21 bits per heavy atom. The first-order valence-electron chi connectivity index (χ1n) is 10.0. The number of hydrogen-bond donors (Lipinski definition) is 2. The van der Waals surface area contributed by atoms with E-state index in [4.69, 9.17) is 4.74 Å². The Balaban J connectivity index is 1.46. The number of rotatable bonds is 7. The minimum atomic E-state index is -0.865. The van der Waals surface area contributed by atoms with Gasteiger partial charge in [0.2, 0.25) is 0 Å². The molecule has 156 valence electrons. The number of hydrogen-bond acceptors (Lipinski definition) is 5. The number of nitrogens with one attached hydrogen (secondary N) is 2. The van der Waals surface area contributed by atoms with Gasteiger partial charge in [0.15, 0.2) is 6.61 Å². The number of imide groups is 1. The molecule has 0 unspecified atom stereocenters. The van der Waals surface area contributed by atoms with Crippen LogP contribution in [0.25, 0.3) is 0 Å². The second-order valence-corrected chi connectivity index (χ2v) is 7.75. The van der Waals surface area contributed by atoms with E-state index in [0.717, 1.165) is 24.2 Å². The van der Waals surface area contributed by atoms with Crippen LogP contribution in [0.4, 0.5) is 10.5 Å². The van der Waals surface area contributed by atoms with Crippen molar-refractivity contribution in [1.82, 2.24) is 10.2 Å². The predicted octanol–water partition coefficient (Wildman–Crippen LogP) is 2.55. The SMILES string of the molecule is CC[C@H](C)c1ccc(NC(=O)COC(=O)CN2C(=O)NC3(CCCC3)C2=O)cc1. The summed E-state index contributed by atoms with van der Waals surface area (Å²) in [4.78, 5) is 49.5. The lowest BCUT2D eigenvalue weighted by atomic mass is 9.98. The minimum absolute atomic E-state index is 0.386. The molecule has 1 aromatic carbocycles. The number of carbonyl (C=O) groups is 4. The van der Waals surface area contributed by atoms with Crippen LogP contribution < -0.4 is 10.6 Å². The van der Waals surface area contributed by atoms with E-state index in [-0.39, 0.29) is 5.91 Å². The molecule has 0 bridgehead atoms. The molecular formula is C21H27N3O5. The van der Waals surface area contributed by atoms with E-state index in [0.29, 0.717) is 24.4 Å². The van der Waals surface area contributed by atoms with Crippen molar-refractivity contribution in [2.24, 2.45) is 0 Å². The van der Waals surface area contributed by atoms with E-state index >= 15 is 0 Å². The van der Waals surface area contributed by atoms with Crippen LogP contribution in [0.1, 0.15) is 57.4 Å². The van der Waals surface area contributed by atoms with Crippen LogP contribution in [0, 0.1) is 0 Å². The molecule has 29 heavy (non-hydrogen) atoms. The molecule has 3 rings (SSSR count). The van der Waals surface area contributed by atoms with E-state index in [1.807, 2.05) is 12.1 Å². The zero-order chi connectivity index (χ0) is 21.0. The van der Waals surface area contributed by atoms with Crippen molar-refractivity contribution in [1.29, 1.82) is 0 Å². The Bertz CT molecular complexity index is 799. The molecule has 1 atom stereocenters. The highest BCUT2D eigenvalue weighted by atomic mass is 16.5. The van der Waals surface area contributed by atoms with Gasteiger partial charge in [-0.15, -0.1) is 0 Å². The summed E-state index contributed by atoms with van der Waals surface area (Å²) in [6.07, 6.45) is 3.93. The second-order valence-electron chi connectivity index (χ2n) is 7.75. The molecule has 2 fully saturated rings. The molecule has 1 spiro atoms. The Labute approximate surface area is 170 Å². The maximum atomic E-state index is 12.5. The largest absolute Gasteiger partial charge is 0.454 e. The first-order valence-corrected chi connectivity index (χ1v) is 10.0. The van der Waals surface area contributed by atoms with Crippen LogP contribution in [0.5, 0.6) is 0 Å². The Morgan fingerprint density at radius 2 is 1.86 bits per heavy atom. The van der Waals surface area contributed by atoms with E-state index in [1.54, 1.807) is 12.1 Å². The van der Waals surface area contributed by atoms with E-state index in [2.05, 4.69) is 24.5 Å². The molecule has 0 aromatic heterocycles. The number of benzene rings is 1. The van der Waals surface area contributed by atoms with Crippen molar-refractivity contribution < 1.29 is 23.9 Å². The highest BCUT2D eigenvalue weighted by molar-refractivity contribution is 6.09. The van der Waals surface area contributed by atoms with Gasteiger partial charge in [0.05, 0.1) is 0 Å². The van der Waals surface area contributed by atoms with Gasteiger partial charge in [0.1, 0.15) is 12.1 Å². The zero-order valence-electron chi connectivity index (χ0n) is 16.8. The van der Waals surface area contributed by atoms with Crippen molar-refractivity contribution in [2.45, 2.75) is 57.4 Å². The lowest BCUT2D eigenvalue weighted by Crippen LogP contribution is -2.44. The molecule has 1 aliphatic heterocycles. The van der Waals surface area contributed by atoms with Crippen LogP contribution in [0.15, 0.2) is 24.3 Å². The van der Waals surface area contributed by atoms with Gasteiger partial charge in [-0.05, 0) is 42.9 Å². The standard InChI is InChI=1S/C21H27N3O5/c1-3-14(2)15-6-8-16(9-7-15)22-17(25)13-29-18(26)12-24-19(27)21(23-20(24)28)10-4-5-11-21/h6-9,14H,3-5,10-13H2,1-2H3,(H,22,25)(H,23,28)/t14-/m0/s1. The molecule has 2 N–H and O–H groups in total. The third-order valence-electron chi connectivity index (χ3n) is 5.73. The van der Waals surface area contributed by atoms with Crippen LogP contribution in [-0.2, 0) is 19.1 Å². The minimum Gasteiger partial charge on any atom is -0.454 e. The number of amides is 4. The quantitative estimate of drug-likeness (QED) is 0.540. The van der Waals surface area contributed by atoms with Gasteiger partial charge in [-0.3, -0.25) is 19.3 Å². The van der Waals surface area contributed by atoms with Crippen LogP contribution in [-0.4, -0.2) is 47.4 Å². The first-order chi connectivity index (χ1) is 13.8. The fourth-order valence-electron chi connectivity index (χ4n) is 3.79. The van der Waals surface area contributed by atoms with Crippen LogP contribution >= 0.6 is 0 Å². The summed E-state index contributed by atoms with van der Waals surface area (Å²) in [5, 5.41) is 5.36. The average Bonchev–Trinajstić information content (AvgIpc) is 3.27. The maximum Gasteiger partial charge on any atom is 0.326 e. The third kappa shape index (κ3) is 4.58. The molecule has 1 heterocycles. The Hall–Kier alpha value is -2.90. The van der Waals surface area contributed by atoms with Gasteiger partial charge in [-0.1, -0.05) is 38.8 Å². The molecule has 8 heteroatoms.